The van der Waals surface area contributed by atoms with Gasteiger partial charge in [-0.15, -0.1) is 0 Å². The number of benzene rings is 1. The summed E-state index contributed by atoms with van der Waals surface area (Å²) in [7, 11) is 0. The Hall–Kier alpha value is -0.930. The molecular formula is C12H14FNO. The lowest BCUT2D eigenvalue weighted by Gasteiger charge is -2.47. The van der Waals surface area contributed by atoms with Crippen molar-refractivity contribution in [2.24, 2.45) is 5.73 Å². The van der Waals surface area contributed by atoms with Gasteiger partial charge in [0.05, 0.1) is 18.6 Å². The molecule has 1 aliphatic carbocycles. The third-order valence-electron chi connectivity index (χ3n) is 3.84. The number of halogens is 1. The van der Waals surface area contributed by atoms with Crippen molar-refractivity contribution in [2.75, 3.05) is 13.2 Å². The van der Waals surface area contributed by atoms with Crippen molar-refractivity contribution < 1.29 is 9.13 Å². The van der Waals surface area contributed by atoms with Gasteiger partial charge in [-0.05, 0) is 30.5 Å². The lowest BCUT2D eigenvalue weighted by molar-refractivity contribution is -0.0786. The third-order valence-corrected chi connectivity index (χ3v) is 3.84. The van der Waals surface area contributed by atoms with Crippen LogP contribution in [-0.4, -0.2) is 18.8 Å². The molecule has 0 bridgehead atoms. The van der Waals surface area contributed by atoms with E-state index in [2.05, 4.69) is 0 Å². The first-order valence-corrected chi connectivity index (χ1v) is 5.29. The second-order valence-corrected chi connectivity index (χ2v) is 4.74. The van der Waals surface area contributed by atoms with Crippen LogP contribution >= 0.6 is 0 Å². The van der Waals surface area contributed by atoms with Crippen molar-refractivity contribution in [1.29, 1.82) is 0 Å². The maximum Gasteiger partial charge on any atom is 0.123 e. The molecule has 1 heterocycles. The first kappa shape index (κ1) is 9.31. The molecule has 3 rings (SSSR count). The van der Waals surface area contributed by atoms with Gasteiger partial charge in [0.25, 0.3) is 0 Å². The van der Waals surface area contributed by atoms with Gasteiger partial charge >= 0.3 is 0 Å². The molecule has 2 nitrogen and oxygen atoms in total. The summed E-state index contributed by atoms with van der Waals surface area (Å²) in [4.78, 5) is 0. The van der Waals surface area contributed by atoms with E-state index in [1.54, 1.807) is 0 Å². The van der Waals surface area contributed by atoms with E-state index in [4.69, 9.17) is 10.5 Å². The fourth-order valence-electron chi connectivity index (χ4n) is 2.43. The van der Waals surface area contributed by atoms with Crippen LogP contribution in [0.2, 0.25) is 0 Å². The molecule has 15 heavy (non-hydrogen) atoms. The molecule has 80 valence electrons. The summed E-state index contributed by atoms with van der Waals surface area (Å²) in [5.74, 6) is -0.198. The summed E-state index contributed by atoms with van der Waals surface area (Å²) in [6.45, 7) is 1.35. The van der Waals surface area contributed by atoms with Crippen LogP contribution in [0.1, 0.15) is 18.4 Å². The largest absolute Gasteiger partial charge is 0.379 e. The van der Waals surface area contributed by atoms with Gasteiger partial charge in [-0.2, -0.15) is 0 Å². The Kier molecular flexibility index (Phi) is 1.74. The Morgan fingerprint density at radius 3 is 2.13 bits per heavy atom. The summed E-state index contributed by atoms with van der Waals surface area (Å²) >= 11 is 0. The fraction of sp³-hybridized carbons (Fsp3) is 0.500. The zero-order valence-corrected chi connectivity index (χ0v) is 8.50. The van der Waals surface area contributed by atoms with Gasteiger partial charge in [0, 0.05) is 5.54 Å². The first-order valence-electron chi connectivity index (χ1n) is 5.29. The zero-order valence-electron chi connectivity index (χ0n) is 8.50. The van der Waals surface area contributed by atoms with Gasteiger partial charge in [-0.25, -0.2) is 4.39 Å². The number of hydrogen-bond acceptors (Lipinski definition) is 2. The molecule has 2 N–H and O–H groups in total. The van der Waals surface area contributed by atoms with Crippen molar-refractivity contribution in [2.45, 2.75) is 23.8 Å². The van der Waals surface area contributed by atoms with E-state index in [0.29, 0.717) is 13.2 Å². The third kappa shape index (κ3) is 1.17. The minimum atomic E-state index is -0.198. The van der Waals surface area contributed by atoms with Crippen LogP contribution in [-0.2, 0) is 10.2 Å². The monoisotopic (exact) mass is 207 g/mol. The summed E-state index contributed by atoms with van der Waals surface area (Å²) in [6, 6.07) is 6.68. The summed E-state index contributed by atoms with van der Waals surface area (Å²) < 4.78 is 18.2. The highest BCUT2D eigenvalue weighted by atomic mass is 19.1. The Balaban J connectivity index is 2.00. The zero-order chi connectivity index (χ0) is 10.5. The van der Waals surface area contributed by atoms with Crippen molar-refractivity contribution in [1.82, 2.24) is 0 Å². The van der Waals surface area contributed by atoms with Crippen LogP contribution in [0, 0.1) is 5.82 Å². The SMILES string of the molecule is NC1(C2(c3ccc(F)cc3)COC2)CC1. The predicted octanol–water partition coefficient (Wildman–Crippen LogP) is 1.58. The quantitative estimate of drug-likeness (QED) is 0.799. The highest BCUT2D eigenvalue weighted by Gasteiger charge is 2.61. The molecule has 0 amide bonds. The Morgan fingerprint density at radius 1 is 1.13 bits per heavy atom. The molecule has 0 spiro atoms. The van der Waals surface area contributed by atoms with Gasteiger partial charge < -0.3 is 10.5 Å². The normalized spacial score (nSPS) is 25.7. The molecule has 1 saturated carbocycles. The minimum absolute atomic E-state index is 0.0549. The van der Waals surface area contributed by atoms with E-state index in [0.717, 1.165) is 18.4 Å². The number of nitrogens with two attached hydrogens (primary N) is 1. The minimum Gasteiger partial charge on any atom is -0.379 e. The van der Waals surface area contributed by atoms with Crippen molar-refractivity contribution >= 4 is 0 Å². The molecule has 2 aliphatic rings. The van der Waals surface area contributed by atoms with Gasteiger partial charge in [0.15, 0.2) is 0 Å². The molecule has 1 aromatic rings. The molecule has 0 unspecified atom stereocenters. The second-order valence-electron chi connectivity index (χ2n) is 4.74. The maximum atomic E-state index is 12.8. The smallest absolute Gasteiger partial charge is 0.123 e. The topological polar surface area (TPSA) is 35.2 Å². The van der Waals surface area contributed by atoms with Crippen LogP contribution < -0.4 is 5.73 Å². The van der Waals surface area contributed by atoms with Gasteiger partial charge in [0.2, 0.25) is 0 Å². The van der Waals surface area contributed by atoms with E-state index < -0.39 is 0 Å². The van der Waals surface area contributed by atoms with Crippen molar-refractivity contribution in [3.63, 3.8) is 0 Å². The molecule has 0 radical (unpaired) electrons. The molecule has 3 heteroatoms. The van der Waals surface area contributed by atoms with E-state index in [1.165, 1.54) is 12.1 Å². The average molecular weight is 207 g/mol. The molecule has 1 aromatic carbocycles. The molecule has 2 fully saturated rings. The fourth-order valence-corrected chi connectivity index (χ4v) is 2.43. The molecule has 0 atom stereocenters. The van der Waals surface area contributed by atoms with Crippen LogP contribution in [0.4, 0.5) is 4.39 Å². The standard InChI is InChI=1S/C12H14FNO/c13-10-3-1-9(2-4-10)11(7-15-8-11)12(14)5-6-12/h1-4H,5-8,14H2. The number of hydrogen-bond donors (Lipinski definition) is 1. The number of ether oxygens (including phenoxy) is 1. The number of rotatable bonds is 2. The summed E-state index contributed by atoms with van der Waals surface area (Å²) in [6.07, 6.45) is 2.10. The Labute approximate surface area is 88.2 Å². The van der Waals surface area contributed by atoms with Crippen LogP contribution in [0.5, 0.6) is 0 Å². The Bertz CT molecular complexity index is 379. The summed E-state index contributed by atoms with van der Waals surface area (Å²) in [5.41, 5.74) is 7.24. The highest BCUT2D eigenvalue weighted by Crippen LogP contribution is 2.53. The van der Waals surface area contributed by atoms with Crippen LogP contribution in [0.3, 0.4) is 0 Å². The maximum absolute atomic E-state index is 12.8. The predicted molar refractivity (Wildman–Crippen MR) is 55.0 cm³/mol. The van der Waals surface area contributed by atoms with E-state index in [9.17, 15) is 4.39 Å². The molecule has 1 aliphatic heterocycles. The Morgan fingerprint density at radius 2 is 1.73 bits per heavy atom. The average Bonchev–Trinajstić information content (AvgIpc) is 2.86. The second kappa shape index (κ2) is 2.80. The van der Waals surface area contributed by atoms with E-state index in [1.807, 2.05) is 12.1 Å². The van der Waals surface area contributed by atoms with Crippen molar-refractivity contribution in [3.05, 3.63) is 35.6 Å². The summed E-state index contributed by atoms with van der Waals surface area (Å²) in [5, 5.41) is 0. The van der Waals surface area contributed by atoms with Crippen LogP contribution in [0.25, 0.3) is 0 Å². The molecule has 0 aromatic heterocycles. The van der Waals surface area contributed by atoms with Crippen LogP contribution in [0.15, 0.2) is 24.3 Å². The van der Waals surface area contributed by atoms with Gasteiger partial charge in [-0.3, -0.25) is 0 Å². The first-order chi connectivity index (χ1) is 7.16. The van der Waals surface area contributed by atoms with Gasteiger partial charge in [0.1, 0.15) is 5.82 Å². The lowest BCUT2D eigenvalue weighted by atomic mass is 9.71. The van der Waals surface area contributed by atoms with Crippen molar-refractivity contribution in [3.8, 4) is 0 Å². The highest BCUT2D eigenvalue weighted by molar-refractivity contribution is 5.37. The molecular weight excluding hydrogens is 193 g/mol. The van der Waals surface area contributed by atoms with E-state index >= 15 is 0 Å². The van der Waals surface area contributed by atoms with Gasteiger partial charge in [-0.1, -0.05) is 12.1 Å². The lowest BCUT2D eigenvalue weighted by Crippen LogP contribution is -2.60. The molecule has 1 saturated heterocycles. The van der Waals surface area contributed by atoms with E-state index in [-0.39, 0.29) is 16.8 Å².